The number of nitriles is 1. The molecule has 1 aromatic heterocycles. The smallest absolute Gasteiger partial charge is 0.110 e. The molecule has 1 aromatic rings. The van der Waals surface area contributed by atoms with Gasteiger partial charge in [0.1, 0.15) is 10.9 Å². The number of hydrogen-bond donors (Lipinski definition) is 1. The van der Waals surface area contributed by atoms with Gasteiger partial charge in [-0.15, -0.1) is 11.3 Å². The van der Waals surface area contributed by atoms with E-state index < -0.39 is 0 Å². The monoisotopic (exact) mass is 263 g/mol. The summed E-state index contributed by atoms with van der Waals surface area (Å²) < 4.78 is 0. The van der Waals surface area contributed by atoms with Gasteiger partial charge in [-0.05, 0) is 50.5 Å². The zero-order chi connectivity index (χ0) is 13.0. The predicted molar refractivity (Wildman–Crippen MR) is 75.6 cm³/mol. The zero-order valence-electron chi connectivity index (χ0n) is 11.2. The number of likely N-dealkylation sites (tertiary alicyclic amines) is 1. The second-order valence-corrected chi connectivity index (χ2v) is 6.76. The molecule has 0 aromatic carbocycles. The van der Waals surface area contributed by atoms with Gasteiger partial charge in [-0.3, -0.25) is 0 Å². The summed E-state index contributed by atoms with van der Waals surface area (Å²) >= 11 is 1.59. The van der Waals surface area contributed by atoms with Gasteiger partial charge in [0.05, 0.1) is 0 Å². The van der Waals surface area contributed by atoms with Crippen molar-refractivity contribution in [2.24, 2.45) is 5.41 Å². The van der Waals surface area contributed by atoms with Crippen LogP contribution in [0.4, 0.5) is 0 Å². The highest BCUT2D eigenvalue weighted by Crippen LogP contribution is 2.29. The SMILES string of the molecule is CN1CCC(C)(CNCc2ccc(C#N)s2)CC1. The highest BCUT2D eigenvalue weighted by atomic mass is 32.1. The number of rotatable bonds is 4. The first-order valence-electron chi connectivity index (χ1n) is 6.49. The maximum atomic E-state index is 8.78. The molecule has 0 aliphatic carbocycles. The maximum Gasteiger partial charge on any atom is 0.110 e. The normalized spacial score (nSPS) is 19.6. The predicted octanol–water partition coefficient (Wildman–Crippen LogP) is 2.44. The van der Waals surface area contributed by atoms with Crippen molar-refractivity contribution in [2.75, 3.05) is 26.7 Å². The molecule has 0 unspecified atom stereocenters. The standard InChI is InChI=1S/C14H21N3S/c1-14(5-7-17(2)8-6-14)11-16-10-13-4-3-12(9-15)18-13/h3-4,16H,5-8,10-11H2,1-2H3. The molecule has 2 heterocycles. The second kappa shape index (κ2) is 5.83. The van der Waals surface area contributed by atoms with Gasteiger partial charge in [0.15, 0.2) is 0 Å². The van der Waals surface area contributed by atoms with E-state index >= 15 is 0 Å². The van der Waals surface area contributed by atoms with Gasteiger partial charge in [0.25, 0.3) is 0 Å². The van der Waals surface area contributed by atoms with Gasteiger partial charge in [0.2, 0.25) is 0 Å². The van der Waals surface area contributed by atoms with E-state index in [0.29, 0.717) is 5.41 Å². The molecular formula is C14H21N3S. The van der Waals surface area contributed by atoms with Gasteiger partial charge in [0, 0.05) is 18.0 Å². The van der Waals surface area contributed by atoms with E-state index in [1.807, 2.05) is 12.1 Å². The second-order valence-electron chi connectivity index (χ2n) is 5.60. The molecular weight excluding hydrogens is 242 g/mol. The Labute approximate surface area is 113 Å². The number of nitrogens with zero attached hydrogens (tertiary/aromatic N) is 2. The Morgan fingerprint density at radius 3 is 2.78 bits per heavy atom. The number of piperidine rings is 1. The van der Waals surface area contributed by atoms with Crippen LogP contribution in [0.25, 0.3) is 0 Å². The highest BCUT2D eigenvalue weighted by Gasteiger charge is 2.28. The maximum absolute atomic E-state index is 8.78. The van der Waals surface area contributed by atoms with Crippen molar-refractivity contribution in [3.05, 3.63) is 21.9 Å². The van der Waals surface area contributed by atoms with Crippen molar-refractivity contribution in [1.82, 2.24) is 10.2 Å². The lowest BCUT2D eigenvalue weighted by Gasteiger charge is -2.38. The van der Waals surface area contributed by atoms with Crippen LogP contribution in [0.5, 0.6) is 0 Å². The summed E-state index contributed by atoms with van der Waals surface area (Å²) in [5.41, 5.74) is 0.432. The Kier molecular flexibility index (Phi) is 4.39. The molecule has 98 valence electrons. The van der Waals surface area contributed by atoms with Gasteiger partial charge in [-0.1, -0.05) is 6.92 Å². The van der Waals surface area contributed by atoms with Crippen LogP contribution in [0, 0.1) is 16.7 Å². The van der Waals surface area contributed by atoms with Crippen LogP contribution >= 0.6 is 11.3 Å². The Hall–Kier alpha value is -0.890. The average molecular weight is 263 g/mol. The first kappa shape index (κ1) is 13.5. The van der Waals surface area contributed by atoms with E-state index in [0.717, 1.165) is 18.0 Å². The van der Waals surface area contributed by atoms with E-state index in [1.54, 1.807) is 11.3 Å². The quantitative estimate of drug-likeness (QED) is 0.907. The summed E-state index contributed by atoms with van der Waals surface area (Å²) in [5.74, 6) is 0. The Morgan fingerprint density at radius 2 is 2.17 bits per heavy atom. The van der Waals surface area contributed by atoms with Gasteiger partial charge < -0.3 is 10.2 Å². The lowest BCUT2D eigenvalue weighted by Crippen LogP contribution is -2.41. The van der Waals surface area contributed by atoms with Gasteiger partial charge in [-0.2, -0.15) is 5.26 Å². The molecule has 1 aliphatic heterocycles. The summed E-state index contributed by atoms with van der Waals surface area (Å²) in [6.45, 7) is 6.74. The van der Waals surface area contributed by atoms with Crippen molar-refractivity contribution in [3.8, 4) is 6.07 Å². The zero-order valence-corrected chi connectivity index (χ0v) is 12.0. The van der Waals surface area contributed by atoms with Crippen molar-refractivity contribution in [1.29, 1.82) is 5.26 Å². The van der Waals surface area contributed by atoms with Crippen LogP contribution in [0.1, 0.15) is 29.5 Å². The molecule has 4 heteroatoms. The summed E-state index contributed by atoms with van der Waals surface area (Å²) in [7, 11) is 2.20. The lowest BCUT2D eigenvalue weighted by atomic mass is 9.80. The van der Waals surface area contributed by atoms with Crippen molar-refractivity contribution in [3.63, 3.8) is 0 Å². The molecule has 0 spiro atoms. The molecule has 3 nitrogen and oxygen atoms in total. The van der Waals surface area contributed by atoms with Crippen LogP contribution in [0.2, 0.25) is 0 Å². The Bertz CT molecular complexity index is 424. The summed E-state index contributed by atoms with van der Waals surface area (Å²) in [6.07, 6.45) is 2.54. The van der Waals surface area contributed by atoms with Crippen LogP contribution in [-0.4, -0.2) is 31.6 Å². The van der Waals surface area contributed by atoms with E-state index in [2.05, 4.69) is 30.3 Å². The molecule has 2 rings (SSSR count). The van der Waals surface area contributed by atoms with Crippen LogP contribution in [-0.2, 0) is 6.54 Å². The fraction of sp³-hybridized carbons (Fsp3) is 0.643. The van der Waals surface area contributed by atoms with E-state index in [4.69, 9.17) is 5.26 Å². The minimum atomic E-state index is 0.432. The molecule has 0 radical (unpaired) electrons. The summed E-state index contributed by atoms with van der Waals surface area (Å²) in [5, 5.41) is 12.3. The number of nitrogens with one attached hydrogen (secondary N) is 1. The minimum Gasteiger partial charge on any atom is -0.311 e. The number of thiophene rings is 1. The van der Waals surface area contributed by atoms with E-state index in [1.165, 1.54) is 30.8 Å². The molecule has 1 aliphatic rings. The molecule has 0 bridgehead atoms. The summed E-state index contributed by atoms with van der Waals surface area (Å²) in [4.78, 5) is 4.46. The van der Waals surface area contributed by atoms with E-state index in [-0.39, 0.29) is 0 Å². The molecule has 1 saturated heterocycles. The topological polar surface area (TPSA) is 39.1 Å². The van der Waals surface area contributed by atoms with Gasteiger partial charge >= 0.3 is 0 Å². The van der Waals surface area contributed by atoms with Crippen molar-refractivity contribution in [2.45, 2.75) is 26.3 Å². The van der Waals surface area contributed by atoms with Crippen LogP contribution in [0.15, 0.2) is 12.1 Å². The molecule has 18 heavy (non-hydrogen) atoms. The molecule has 0 amide bonds. The van der Waals surface area contributed by atoms with Crippen molar-refractivity contribution >= 4 is 11.3 Å². The average Bonchev–Trinajstić information content (AvgIpc) is 2.81. The Morgan fingerprint density at radius 1 is 1.44 bits per heavy atom. The first-order chi connectivity index (χ1) is 8.61. The van der Waals surface area contributed by atoms with Crippen LogP contribution < -0.4 is 5.32 Å². The first-order valence-corrected chi connectivity index (χ1v) is 7.31. The van der Waals surface area contributed by atoms with Gasteiger partial charge in [-0.25, -0.2) is 0 Å². The fourth-order valence-electron chi connectivity index (χ4n) is 2.36. The van der Waals surface area contributed by atoms with E-state index in [9.17, 15) is 0 Å². The molecule has 0 atom stereocenters. The molecule has 1 fully saturated rings. The summed E-state index contributed by atoms with van der Waals surface area (Å²) in [6, 6.07) is 6.14. The van der Waals surface area contributed by atoms with Crippen LogP contribution in [0.3, 0.4) is 0 Å². The third-order valence-electron chi connectivity index (χ3n) is 3.82. The minimum absolute atomic E-state index is 0.432. The third kappa shape index (κ3) is 3.55. The van der Waals surface area contributed by atoms with Crippen molar-refractivity contribution < 1.29 is 0 Å². The fourth-order valence-corrected chi connectivity index (χ4v) is 3.13. The molecule has 1 N–H and O–H groups in total. The molecule has 0 saturated carbocycles. The highest BCUT2D eigenvalue weighted by molar-refractivity contribution is 7.12. The third-order valence-corrected chi connectivity index (χ3v) is 4.81. The largest absolute Gasteiger partial charge is 0.311 e. The lowest BCUT2D eigenvalue weighted by molar-refractivity contribution is 0.137. The Balaban J connectivity index is 1.76. The number of hydrogen-bond acceptors (Lipinski definition) is 4.